The standard InChI is InChI=1S/C20H27NO3/c1-4-23-18-10-6-8-15(13-18)17(14-21)12-16-9-7-11-19(24-5-2)20(16)22-3/h6-11,13,17H,4-5,12,14,21H2,1-3H3. The molecule has 0 amide bonds. The molecule has 0 saturated heterocycles. The van der Waals surface area contributed by atoms with Gasteiger partial charge in [-0.1, -0.05) is 24.3 Å². The van der Waals surface area contributed by atoms with Crippen molar-refractivity contribution in [1.29, 1.82) is 0 Å². The number of para-hydroxylation sites is 1. The zero-order valence-electron chi connectivity index (χ0n) is 14.7. The Bertz CT molecular complexity index is 643. The molecule has 2 rings (SSSR count). The predicted octanol–water partition coefficient (Wildman–Crippen LogP) is 3.78. The van der Waals surface area contributed by atoms with Gasteiger partial charge < -0.3 is 19.9 Å². The molecule has 2 N–H and O–H groups in total. The van der Waals surface area contributed by atoms with E-state index in [9.17, 15) is 0 Å². The van der Waals surface area contributed by atoms with E-state index in [1.165, 1.54) is 5.56 Å². The zero-order valence-corrected chi connectivity index (χ0v) is 14.7. The molecule has 2 aromatic rings. The van der Waals surface area contributed by atoms with E-state index < -0.39 is 0 Å². The molecular formula is C20H27NO3. The van der Waals surface area contributed by atoms with Gasteiger partial charge in [-0.2, -0.15) is 0 Å². The van der Waals surface area contributed by atoms with E-state index in [0.29, 0.717) is 19.8 Å². The van der Waals surface area contributed by atoms with Crippen molar-refractivity contribution in [2.24, 2.45) is 5.73 Å². The first-order valence-electron chi connectivity index (χ1n) is 8.44. The summed E-state index contributed by atoms with van der Waals surface area (Å²) in [4.78, 5) is 0. The van der Waals surface area contributed by atoms with Gasteiger partial charge in [-0.05, 0) is 56.1 Å². The van der Waals surface area contributed by atoms with Gasteiger partial charge in [0.2, 0.25) is 0 Å². The van der Waals surface area contributed by atoms with Crippen molar-refractivity contribution in [1.82, 2.24) is 0 Å². The summed E-state index contributed by atoms with van der Waals surface area (Å²) in [5, 5.41) is 0. The monoisotopic (exact) mass is 329 g/mol. The molecule has 1 unspecified atom stereocenters. The van der Waals surface area contributed by atoms with Crippen LogP contribution in [0.15, 0.2) is 42.5 Å². The topological polar surface area (TPSA) is 53.7 Å². The highest BCUT2D eigenvalue weighted by atomic mass is 16.5. The van der Waals surface area contributed by atoms with Crippen LogP contribution in [0.2, 0.25) is 0 Å². The van der Waals surface area contributed by atoms with Crippen molar-refractivity contribution in [2.45, 2.75) is 26.2 Å². The van der Waals surface area contributed by atoms with Crippen LogP contribution in [0.5, 0.6) is 17.2 Å². The third kappa shape index (κ3) is 4.42. The lowest BCUT2D eigenvalue weighted by molar-refractivity contribution is 0.309. The Labute approximate surface area is 144 Å². The molecule has 0 radical (unpaired) electrons. The maximum Gasteiger partial charge on any atom is 0.163 e. The second-order valence-electron chi connectivity index (χ2n) is 5.52. The molecule has 130 valence electrons. The van der Waals surface area contributed by atoms with Crippen LogP contribution in [0.1, 0.15) is 30.9 Å². The molecule has 4 nitrogen and oxygen atoms in total. The van der Waals surface area contributed by atoms with Gasteiger partial charge >= 0.3 is 0 Å². The SMILES string of the molecule is CCOc1cccc(C(CN)Cc2cccc(OCC)c2OC)c1. The lowest BCUT2D eigenvalue weighted by Gasteiger charge is -2.19. The second-order valence-corrected chi connectivity index (χ2v) is 5.52. The molecule has 0 fully saturated rings. The first-order chi connectivity index (χ1) is 11.7. The minimum Gasteiger partial charge on any atom is -0.494 e. The Morgan fingerprint density at radius 1 is 1.00 bits per heavy atom. The van der Waals surface area contributed by atoms with Gasteiger partial charge in [0, 0.05) is 5.92 Å². The van der Waals surface area contributed by atoms with Crippen molar-refractivity contribution in [2.75, 3.05) is 26.9 Å². The fourth-order valence-electron chi connectivity index (χ4n) is 2.85. The van der Waals surface area contributed by atoms with Crippen LogP contribution in [0.25, 0.3) is 0 Å². The fourth-order valence-corrected chi connectivity index (χ4v) is 2.85. The molecule has 0 saturated carbocycles. The predicted molar refractivity (Wildman–Crippen MR) is 97.3 cm³/mol. The van der Waals surface area contributed by atoms with E-state index >= 15 is 0 Å². The Balaban J connectivity index is 2.27. The smallest absolute Gasteiger partial charge is 0.163 e. The van der Waals surface area contributed by atoms with Crippen LogP contribution in [0.4, 0.5) is 0 Å². The highest BCUT2D eigenvalue weighted by Crippen LogP contribution is 2.34. The van der Waals surface area contributed by atoms with Gasteiger partial charge in [0.1, 0.15) is 5.75 Å². The van der Waals surface area contributed by atoms with E-state index in [-0.39, 0.29) is 5.92 Å². The molecule has 2 aromatic carbocycles. The third-order valence-corrected chi connectivity index (χ3v) is 3.96. The first kappa shape index (κ1) is 18.1. The number of benzene rings is 2. The summed E-state index contributed by atoms with van der Waals surface area (Å²) in [7, 11) is 1.68. The highest BCUT2D eigenvalue weighted by molar-refractivity contribution is 5.47. The quantitative estimate of drug-likeness (QED) is 0.761. The van der Waals surface area contributed by atoms with E-state index in [1.807, 2.05) is 38.1 Å². The summed E-state index contributed by atoms with van der Waals surface area (Å²) < 4.78 is 16.8. The Kier molecular flexibility index (Phi) is 6.94. The minimum absolute atomic E-state index is 0.191. The highest BCUT2D eigenvalue weighted by Gasteiger charge is 2.17. The number of hydrogen-bond donors (Lipinski definition) is 1. The van der Waals surface area contributed by atoms with Crippen LogP contribution in [0.3, 0.4) is 0 Å². The summed E-state index contributed by atoms with van der Waals surface area (Å²) in [5.41, 5.74) is 8.32. The molecule has 24 heavy (non-hydrogen) atoms. The van der Waals surface area contributed by atoms with Gasteiger partial charge in [-0.3, -0.25) is 0 Å². The maximum absolute atomic E-state index is 6.05. The van der Waals surface area contributed by atoms with E-state index in [2.05, 4.69) is 18.2 Å². The van der Waals surface area contributed by atoms with Crippen LogP contribution in [-0.4, -0.2) is 26.9 Å². The van der Waals surface area contributed by atoms with E-state index in [4.69, 9.17) is 19.9 Å². The number of hydrogen-bond acceptors (Lipinski definition) is 4. The number of nitrogens with two attached hydrogens (primary N) is 1. The Morgan fingerprint density at radius 3 is 2.42 bits per heavy atom. The Hall–Kier alpha value is -2.20. The molecule has 0 spiro atoms. The normalized spacial score (nSPS) is 11.8. The van der Waals surface area contributed by atoms with E-state index in [1.54, 1.807) is 7.11 Å². The van der Waals surface area contributed by atoms with Crippen LogP contribution in [0, 0.1) is 0 Å². The summed E-state index contributed by atoms with van der Waals surface area (Å²) in [6.07, 6.45) is 0.788. The van der Waals surface area contributed by atoms with E-state index in [0.717, 1.165) is 29.2 Å². The van der Waals surface area contributed by atoms with Crippen LogP contribution >= 0.6 is 0 Å². The number of ether oxygens (including phenoxy) is 3. The van der Waals surface area contributed by atoms with Gasteiger partial charge in [-0.25, -0.2) is 0 Å². The van der Waals surface area contributed by atoms with Crippen molar-refractivity contribution < 1.29 is 14.2 Å². The summed E-state index contributed by atoms with van der Waals surface area (Å²) in [6.45, 7) is 5.76. The molecule has 0 aromatic heterocycles. The molecule has 1 atom stereocenters. The number of rotatable bonds is 9. The average molecular weight is 329 g/mol. The number of methoxy groups -OCH3 is 1. The Morgan fingerprint density at radius 2 is 1.75 bits per heavy atom. The summed E-state index contributed by atoms with van der Waals surface area (Å²) in [6, 6.07) is 14.1. The second kappa shape index (κ2) is 9.18. The molecule has 4 heteroatoms. The fraction of sp³-hybridized carbons (Fsp3) is 0.400. The molecule has 0 aliphatic heterocycles. The van der Waals surface area contributed by atoms with Gasteiger partial charge in [-0.15, -0.1) is 0 Å². The lowest BCUT2D eigenvalue weighted by Crippen LogP contribution is -2.15. The average Bonchev–Trinajstić information content (AvgIpc) is 2.60. The molecule has 0 aliphatic rings. The molecule has 0 heterocycles. The maximum atomic E-state index is 6.05. The summed E-state index contributed by atoms with van der Waals surface area (Å²) >= 11 is 0. The van der Waals surface area contributed by atoms with Crippen molar-refractivity contribution in [3.8, 4) is 17.2 Å². The molecule has 0 aliphatic carbocycles. The van der Waals surface area contributed by atoms with Crippen molar-refractivity contribution in [3.05, 3.63) is 53.6 Å². The van der Waals surface area contributed by atoms with Gasteiger partial charge in [0.15, 0.2) is 11.5 Å². The third-order valence-electron chi connectivity index (χ3n) is 3.96. The van der Waals surface area contributed by atoms with Crippen molar-refractivity contribution >= 4 is 0 Å². The minimum atomic E-state index is 0.191. The summed E-state index contributed by atoms with van der Waals surface area (Å²) in [5.74, 6) is 2.63. The van der Waals surface area contributed by atoms with Gasteiger partial charge in [0.05, 0.1) is 20.3 Å². The molecule has 0 bridgehead atoms. The van der Waals surface area contributed by atoms with Crippen LogP contribution < -0.4 is 19.9 Å². The van der Waals surface area contributed by atoms with Crippen molar-refractivity contribution in [3.63, 3.8) is 0 Å². The largest absolute Gasteiger partial charge is 0.494 e. The zero-order chi connectivity index (χ0) is 17.4. The van der Waals surface area contributed by atoms with Crippen LogP contribution in [-0.2, 0) is 6.42 Å². The van der Waals surface area contributed by atoms with Gasteiger partial charge in [0.25, 0.3) is 0 Å². The molecular weight excluding hydrogens is 302 g/mol. The first-order valence-corrected chi connectivity index (χ1v) is 8.44. The lowest BCUT2D eigenvalue weighted by atomic mass is 9.91.